The van der Waals surface area contributed by atoms with Crippen molar-refractivity contribution in [3.05, 3.63) is 47.0 Å². The lowest BCUT2D eigenvalue weighted by molar-refractivity contribution is -0.181. The Kier molecular flexibility index (Phi) is 3.47. The number of methoxy groups -OCH3 is 1. The van der Waals surface area contributed by atoms with Crippen LogP contribution in [-0.2, 0) is 16.1 Å². The number of H-pyrrole nitrogens is 1. The molecule has 3 rings (SSSR count). The quantitative estimate of drug-likeness (QED) is 0.943. The van der Waals surface area contributed by atoms with Crippen LogP contribution in [0.15, 0.2) is 24.7 Å². The minimum atomic E-state index is -0.638. The summed E-state index contributed by atoms with van der Waals surface area (Å²) >= 11 is 0. The first-order valence-electron chi connectivity index (χ1n) is 6.98. The summed E-state index contributed by atoms with van der Waals surface area (Å²) in [5.41, 5.74) is 4.00. The Bertz CT molecular complexity index is 635. The van der Waals surface area contributed by atoms with E-state index in [1.54, 1.807) is 13.4 Å². The van der Waals surface area contributed by atoms with Crippen molar-refractivity contribution in [2.75, 3.05) is 7.11 Å². The standard InChI is InChI=1S/C16H20N2O3/c1-10-5-11-8-20-16(2,3)21-14(11)12(6-10)15(19-4)13-7-17-9-18-13/h5-7,9,15H,8H2,1-4H3,(H,17,18). The Morgan fingerprint density at radius 2 is 2.19 bits per heavy atom. The third kappa shape index (κ3) is 2.66. The summed E-state index contributed by atoms with van der Waals surface area (Å²) in [5.74, 6) is 0.202. The van der Waals surface area contributed by atoms with Gasteiger partial charge in [-0.15, -0.1) is 0 Å². The minimum Gasteiger partial charge on any atom is -0.462 e. The molecule has 1 unspecified atom stereocenters. The molecule has 1 aliphatic rings. The van der Waals surface area contributed by atoms with Gasteiger partial charge in [0.2, 0.25) is 5.79 Å². The number of imidazole rings is 1. The SMILES string of the molecule is COC(c1c[nH]cn1)c1cc(C)cc2c1OC(C)(C)OC2. The molecule has 0 amide bonds. The second-order valence-corrected chi connectivity index (χ2v) is 5.74. The maximum absolute atomic E-state index is 6.05. The summed E-state index contributed by atoms with van der Waals surface area (Å²) in [4.78, 5) is 7.28. The molecule has 112 valence electrons. The number of rotatable bonds is 3. The molecule has 1 atom stereocenters. The molecule has 0 spiro atoms. The maximum Gasteiger partial charge on any atom is 0.205 e. The van der Waals surface area contributed by atoms with Crippen LogP contribution in [0.4, 0.5) is 0 Å². The van der Waals surface area contributed by atoms with Crippen molar-refractivity contribution < 1.29 is 14.2 Å². The van der Waals surface area contributed by atoms with Gasteiger partial charge in [-0.3, -0.25) is 0 Å². The second-order valence-electron chi connectivity index (χ2n) is 5.74. The predicted octanol–water partition coefficient (Wildman–Crippen LogP) is 3.10. The van der Waals surface area contributed by atoms with Gasteiger partial charge in [0.25, 0.3) is 0 Å². The molecule has 2 heterocycles. The molecule has 0 aliphatic carbocycles. The fraction of sp³-hybridized carbons (Fsp3) is 0.438. The van der Waals surface area contributed by atoms with Crippen LogP contribution in [0.25, 0.3) is 0 Å². The van der Waals surface area contributed by atoms with E-state index in [1.807, 2.05) is 20.0 Å². The Hall–Kier alpha value is -1.85. The largest absolute Gasteiger partial charge is 0.462 e. The van der Waals surface area contributed by atoms with E-state index in [0.29, 0.717) is 6.61 Å². The van der Waals surface area contributed by atoms with Gasteiger partial charge >= 0.3 is 0 Å². The molecule has 0 saturated heterocycles. The number of nitrogens with one attached hydrogen (secondary N) is 1. The number of aryl methyl sites for hydroxylation is 1. The molecular weight excluding hydrogens is 268 g/mol. The number of hydrogen-bond acceptors (Lipinski definition) is 4. The highest BCUT2D eigenvalue weighted by atomic mass is 16.7. The van der Waals surface area contributed by atoms with Crippen molar-refractivity contribution in [3.63, 3.8) is 0 Å². The number of ether oxygens (including phenoxy) is 3. The molecule has 1 aromatic heterocycles. The average molecular weight is 288 g/mol. The van der Waals surface area contributed by atoms with Gasteiger partial charge < -0.3 is 19.2 Å². The normalized spacial score (nSPS) is 17.9. The highest BCUT2D eigenvalue weighted by Gasteiger charge is 2.32. The third-order valence-corrected chi connectivity index (χ3v) is 3.57. The highest BCUT2D eigenvalue weighted by Crippen LogP contribution is 2.40. The van der Waals surface area contributed by atoms with Gasteiger partial charge in [0.05, 0.1) is 18.6 Å². The molecule has 0 fully saturated rings. The van der Waals surface area contributed by atoms with Crippen LogP contribution in [0.3, 0.4) is 0 Å². The first-order chi connectivity index (χ1) is 10.00. The molecule has 0 radical (unpaired) electrons. The van der Waals surface area contributed by atoms with E-state index in [2.05, 4.69) is 29.0 Å². The van der Waals surface area contributed by atoms with E-state index >= 15 is 0 Å². The number of aromatic nitrogens is 2. The summed E-state index contributed by atoms with van der Waals surface area (Å²) in [6.07, 6.45) is 3.23. The van der Waals surface area contributed by atoms with Crippen LogP contribution >= 0.6 is 0 Å². The van der Waals surface area contributed by atoms with Crippen LogP contribution in [0.5, 0.6) is 5.75 Å². The number of fused-ring (bicyclic) bond motifs is 1. The van der Waals surface area contributed by atoms with Gasteiger partial charge in [0.15, 0.2) is 0 Å². The topological polar surface area (TPSA) is 56.4 Å². The maximum atomic E-state index is 6.05. The fourth-order valence-electron chi connectivity index (χ4n) is 2.65. The molecule has 1 aromatic carbocycles. The molecular formula is C16H20N2O3. The second kappa shape index (κ2) is 5.16. The third-order valence-electron chi connectivity index (χ3n) is 3.57. The summed E-state index contributed by atoms with van der Waals surface area (Å²) in [5, 5.41) is 0. The Morgan fingerprint density at radius 3 is 2.86 bits per heavy atom. The Labute approximate surface area is 124 Å². The highest BCUT2D eigenvalue weighted by molar-refractivity contribution is 5.48. The Balaban J connectivity index is 2.11. The van der Waals surface area contributed by atoms with Crippen molar-refractivity contribution in [2.24, 2.45) is 0 Å². The monoisotopic (exact) mass is 288 g/mol. The predicted molar refractivity (Wildman–Crippen MR) is 78.1 cm³/mol. The van der Waals surface area contributed by atoms with Gasteiger partial charge in [-0.25, -0.2) is 4.98 Å². The van der Waals surface area contributed by atoms with Crippen molar-refractivity contribution >= 4 is 0 Å². The molecule has 2 aromatic rings. The molecule has 5 nitrogen and oxygen atoms in total. The molecule has 1 N–H and O–H groups in total. The zero-order chi connectivity index (χ0) is 15.0. The van der Waals surface area contributed by atoms with E-state index in [1.165, 1.54) is 0 Å². The zero-order valence-electron chi connectivity index (χ0n) is 12.8. The van der Waals surface area contributed by atoms with E-state index in [-0.39, 0.29) is 6.10 Å². The molecule has 0 saturated carbocycles. The summed E-state index contributed by atoms with van der Waals surface area (Å²) < 4.78 is 17.4. The molecule has 0 bridgehead atoms. The van der Waals surface area contributed by atoms with Crippen LogP contribution in [0, 0.1) is 6.92 Å². The lowest BCUT2D eigenvalue weighted by atomic mass is 9.98. The smallest absolute Gasteiger partial charge is 0.205 e. The van der Waals surface area contributed by atoms with Crippen LogP contribution in [0.2, 0.25) is 0 Å². The molecule has 1 aliphatic heterocycles. The zero-order valence-corrected chi connectivity index (χ0v) is 12.8. The van der Waals surface area contributed by atoms with Crippen molar-refractivity contribution in [3.8, 4) is 5.75 Å². The summed E-state index contributed by atoms with van der Waals surface area (Å²) in [7, 11) is 1.68. The number of benzene rings is 1. The van der Waals surface area contributed by atoms with Gasteiger partial charge in [0, 0.05) is 38.3 Å². The Morgan fingerprint density at radius 1 is 1.38 bits per heavy atom. The molecule has 5 heteroatoms. The minimum absolute atomic E-state index is 0.265. The number of hydrogen-bond donors (Lipinski definition) is 1. The first kappa shape index (κ1) is 14.1. The van der Waals surface area contributed by atoms with Crippen LogP contribution < -0.4 is 4.74 Å². The first-order valence-corrected chi connectivity index (χ1v) is 6.98. The summed E-state index contributed by atoms with van der Waals surface area (Å²) in [6.45, 7) is 6.42. The van der Waals surface area contributed by atoms with Crippen molar-refractivity contribution in [1.29, 1.82) is 0 Å². The molecule has 21 heavy (non-hydrogen) atoms. The van der Waals surface area contributed by atoms with Crippen LogP contribution in [-0.4, -0.2) is 22.9 Å². The van der Waals surface area contributed by atoms with Crippen molar-refractivity contribution in [2.45, 2.75) is 39.3 Å². The fourth-order valence-corrected chi connectivity index (χ4v) is 2.65. The van der Waals surface area contributed by atoms with E-state index < -0.39 is 5.79 Å². The van der Waals surface area contributed by atoms with Crippen molar-refractivity contribution in [1.82, 2.24) is 9.97 Å². The van der Waals surface area contributed by atoms with E-state index in [0.717, 1.165) is 28.1 Å². The lowest BCUT2D eigenvalue weighted by Gasteiger charge is -2.35. The van der Waals surface area contributed by atoms with Crippen LogP contribution in [0.1, 0.15) is 42.3 Å². The lowest BCUT2D eigenvalue weighted by Crippen LogP contribution is -2.36. The van der Waals surface area contributed by atoms with E-state index in [4.69, 9.17) is 14.2 Å². The summed E-state index contributed by atoms with van der Waals surface area (Å²) in [6, 6.07) is 4.18. The number of aromatic amines is 1. The van der Waals surface area contributed by atoms with Gasteiger partial charge in [-0.2, -0.15) is 0 Å². The van der Waals surface area contributed by atoms with Gasteiger partial charge in [-0.05, 0) is 13.0 Å². The van der Waals surface area contributed by atoms with E-state index in [9.17, 15) is 0 Å². The van der Waals surface area contributed by atoms with Gasteiger partial charge in [0.1, 0.15) is 11.9 Å². The average Bonchev–Trinajstić information content (AvgIpc) is 2.94. The van der Waals surface area contributed by atoms with Gasteiger partial charge in [-0.1, -0.05) is 11.6 Å². The number of nitrogens with zero attached hydrogens (tertiary/aromatic N) is 1.